The fourth-order valence-corrected chi connectivity index (χ4v) is 8.62. The number of aliphatic carboxylic acids is 1. The zero-order valence-electron chi connectivity index (χ0n) is 22.2. The highest BCUT2D eigenvalue weighted by Crippen LogP contribution is 2.70. The van der Waals surface area contributed by atoms with E-state index in [9.17, 15) is 14.7 Å². The molecule has 0 radical (unpaired) electrons. The number of fused-ring (bicyclic) bond motifs is 5. The summed E-state index contributed by atoms with van der Waals surface area (Å²) in [6.07, 6.45) is 12.7. The minimum Gasteiger partial charge on any atom is -0.478 e. The van der Waals surface area contributed by atoms with Crippen molar-refractivity contribution in [3.05, 3.63) is 34.9 Å². The number of allylic oxidation sites excluding steroid dienone is 5. The summed E-state index contributed by atoms with van der Waals surface area (Å²) < 4.78 is 0. The van der Waals surface area contributed by atoms with Gasteiger partial charge in [0.2, 0.25) is 0 Å². The number of carbonyl (C=O) groups excluding carboxylic acids is 1. The Labute approximate surface area is 205 Å². The molecule has 0 amide bonds. The first kappa shape index (κ1) is 25.4. The van der Waals surface area contributed by atoms with Crippen LogP contribution in [0.5, 0.6) is 0 Å². The van der Waals surface area contributed by atoms with Crippen molar-refractivity contribution < 1.29 is 19.8 Å². The molecule has 0 bridgehead atoms. The summed E-state index contributed by atoms with van der Waals surface area (Å²) >= 11 is 0. The molecule has 4 nitrogen and oxygen atoms in total. The van der Waals surface area contributed by atoms with Gasteiger partial charge in [-0.05, 0) is 85.5 Å². The van der Waals surface area contributed by atoms with Crippen molar-refractivity contribution in [2.24, 2.45) is 39.4 Å². The largest absolute Gasteiger partial charge is 0.478 e. The molecule has 2 fully saturated rings. The highest BCUT2D eigenvalue weighted by Gasteiger charge is 2.61. The zero-order chi connectivity index (χ0) is 25.3. The smallest absolute Gasteiger partial charge is 0.331 e. The molecular formula is C30H44O4. The van der Waals surface area contributed by atoms with Crippen LogP contribution in [0.3, 0.4) is 0 Å². The molecule has 0 aromatic rings. The van der Waals surface area contributed by atoms with Gasteiger partial charge >= 0.3 is 5.97 Å². The molecule has 34 heavy (non-hydrogen) atoms. The molecule has 4 aliphatic carbocycles. The van der Waals surface area contributed by atoms with Crippen molar-refractivity contribution in [2.45, 2.75) is 99.5 Å². The van der Waals surface area contributed by atoms with E-state index in [1.165, 1.54) is 18.6 Å². The predicted molar refractivity (Wildman–Crippen MR) is 135 cm³/mol. The number of ketones is 1. The van der Waals surface area contributed by atoms with Crippen LogP contribution in [0.25, 0.3) is 0 Å². The lowest BCUT2D eigenvalue weighted by Crippen LogP contribution is -2.55. The normalized spacial score (nSPS) is 42.0. The van der Waals surface area contributed by atoms with Crippen LogP contribution < -0.4 is 0 Å². The van der Waals surface area contributed by atoms with Crippen molar-refractivity contribution in [2.75, 3.05) is 0 Å². The summed E-state index contributed by atoms with van der Waals surface area (Å²) in [4.78, 5) is 23.8. The van der Waals surface area contributed by atoms with Crippen molar-refractivity contribution >= 4 is 11.8 Å². The van der Waals surface area contributed by atoms with Crippen LogP contribution in [-0.2, 0) is 9.59 Å². The van der Waals surface area contributed by atoms with Crippen molar-refractivity contribution in [1.29, 1.82) is 0 Å². The number of hydrogen-bond donors (Lipinski definition) is 2. The van der Waals surface area contributed by atoms with Crippen LogP contribution in [0.2, 0.25) is 0 Å². The number of carbonyl (C=O) groups is 2. The van der Waals surface area contributed by atoms with Crippen LogP contribution in [-0.4, -0.2) is 28.1 Å². The summed E-state index contributed by atoms with van der Waals surface area (Å²) in [6, 6.07) is 0. The molecule has 0 unspecified atom stereocenters. The third kappa shape index (κ3) is 3.58. The molecule has 0 heterocycles. The Morgan fingerprint density at radius 2 is 1.76 bits per heavy atom. The third-order valence-electron chi connectivity index (χ3n) is 11.1. The number of hydrogen-bond acceptors (Lipinski definition) is 3. The van der Waals surface area contributed by atoms with Gasteiger partial charge in [-0.1, -0.05) is 64.8 Å². The second kappa shape index (κ2) is 8.18. The van der Waals surface area contributed by atoms with Crippen molar-refractivity contribution in [3.63, 3.8) is 0 Å². The molecular weight excluding hydrogens is 424 g/mol. The van der Waals surface area contributed by atoms with E-state index in [4.69, 9.17) is 5.11 Å². The average molecular weight is 469 g/mol. The van der Waals surface area contributed by atoms with Gasteiger partial charge in [0.1, 0.15) is 0 Å². The first-order valence-corrected chi connectivity index (χ1v) is 13.2. The quantitative estimate of drug-likeness (QED) is 0.357. The Bertz CT molecular complexity index is 984. The molecule has 0 aliphatic heterocycles. The summed E-state index contributed by atoms with van der Waals surface area (Å²) in [6.45, 7) is 15.4. The van der Waals surface area contributed by atoms with E-state index in [0.29, 0.717) is 18.3 Å². The lowest BCUT2D eigenvalue weighted by Gasteiger charge is -2.61. The number of carboxylic acid groups (broad SMARTS) is 1. The first-order chi connectivity index (χ1) is 15.7. The van der Waals surface area contributed by atoms with E-state index in [2.05, 4.69) is 53.7 Å². The van der Waals surface area contributed by atoms with Gasteiger partial charge in [-0.3, -0.25) is 4.79 Å². The van der Waals surface area contributed by atoms with Gasteiger partial charge in [-0.15, -0.1) is 0 Å². The van der Waals surface area contributed by atoms with Crippen LogP contribution >= 0.6 is 0 Å². The number of aliphatic hydroxyl groups is 1. The van der Waals surface area contributed by atoms with Crippen LogP contribution in [0, 0.1) is 39.4 Å². The Morgan fingerprint density at radius 1 is 1.09 bits per heavy atom. The topological polar surface area (TPSA) is 74.6 Å². The highest BCUT2D eigenvalue weighted by molar-refractivity contribution is 5.98. The average Bonchev–Trinajstić information content (AvgIpc) is 3.03. The van der Waals surface area contributed by atoms with E-state index >= 15 is 0 Å². The van der Waals surface area contributed by atoms with Gasteiger partial charge in [0.15, 0.2) is 5.78 Å². The second-order valence-corrected chi connectivity index (χ2v) is 13.2. The monoisotopic (exact) mass is 468 g/mol. The molecule has 188 valence electrons. The maximum Gasteiger partial charge on any atom is 0.331 e. The summed E-state index contributed by atoms with van der Waals surface area (Å²) in [5.74, 6) is 0.0403. The number of carboxylic acids is 1. The SMILES string of the molecule is C/C(=C/C(=O)C[C@@H](C)[C@]1(C)CC[C@@]2(C)C3=CC[C@H]4C(C)(C)[C@H](O)CC[C@]4(C)[C@@H]3CC=C21)C(=O)O. The maximum absolute atomic E-state index is 12.6. The maximum atomic E-state index is 12.6. The Morgan fingerprint density at radius 3 is 2.41 bits per heavy atom. The molecule has 4 heteroatoms. The summed E-state index contributed by atoms with van der Waals surface area (Å²) in [7, 11) is 0. The van der Waals surface area contributed by atoms with E-state index in [-0.39, 0.29) is 45.0 Å². The summed E-state index contributed by atoms with van der Waals surface area (Å²) in [5, 5.41) is 19.9. The Kier molecular flexibility index (Phi) is 6.12. The minimum atomic E-state index is -1.03. The van der Waals surface area contributed by atoms with E-state index in [1.54, 1.807) is 5.57 Å². The fourth-order valence-electron chi connectivity index (χ4n) is 8.62. The van der Waals surface area contributed by atoms with Gasteiger partial charge in [-0.25, -0.2) is 4.79 Å². The standard InChI is InChI=1S/C30H44O4/c1-18(26(33)34)16-20(31)17-19(2)28(5)14-15-30(7)22-8-10-23-27(3,4)25(32)12-13-29(23,6)21(22)9-11-24(28)30/h8,11,16,19,21,23,25,32H,9-10,12-15,17H2,1-7H3,(H,33,34)/b18-16-/t19-,21-,23+,25-,28+,29-,30+/m1/s1. The van der Waals surface area contributed by atoms with Crippen molar-refractivity contribution in [1.82, 2.24) is 0 Å². The molecule has 7 atom stereocenters. The number of rotatable bonds is 5. The molecule has 4 aliphatic rings. The van der Waals surface area contributed by atoms with Crippen molar-refractivity contribution in [3.8, 4) is 0 Å². The molecule has 2 saturated carbocycles. The van der Waals surface area contributed by atoms with Crippen LogP contribution in [0.15, 0.2) is 34.9 Å². The first-order valence-electron chi connectivity index (χ1n) is 13.2. The Balaban J connectivity index is 1.63. The minimum absolute atomic E-state index is 0.0377. The molecule has 4 rings (SSSR count). The van der Waals surface area contributed by atoms with Gasteiger partial charge in [0.05, 0.1) is 6.10 Å². The van der Waals surface area contributed by atoms with Crippen LogP contribution in [0.1, 0.15) is 93.4 Å². The van der Waals surface area contributed by atoms with Gasteiger partial charge < -0.3 is 10.2 Å². The van der Waals surface area contributed by atoms with Crippen LogP contribution in [0.4, 0.5) is 0 Å². The predicted octanol–water partition coefficient (Wildman–Crippen LogP) is 6.50. The lowest BCUT2D eigenvalue weighted by atomic mass is 9.44. The molecule has 0 saturated heterocycles. The summed E-state index contributed by atoms with van der Waals surface area (Å²) in [5.41, 5.74) is 3.34. The Hall–Kier alpha value is -1.68. The van der Waals surface area contributed by atoms with E-state index < -0.39 is 5.97 Å². The van der Waals surface area contributed by atoms with Gasteiger partial charge in [0, 0.05) is 17.4 Å². The van der Waals surface area contributed by atoms with Gasteiger partial charge in [-0.2, -0.15) is 0 Å². The fraction of sp³-hybridized carbons (Fsp3) is 0.733. The molecule has 2 N–H and O–H groups in total. The molecule has 0 spiro atoms. The zero-order valence-corrected chi connectivity index (χ0v) is 22.2. The second-order valence-electron chi connectivity index (χ2n) is 13.2. The third-order valence-corrected chi connectivity index (χ3v) is 11.1. The lowest BCUT2D eigenvalue weighted by molar-refractivity contribution is -0.133. The van der Waals surface area contributed by atoms with E-state index in [1.807, 2.05) is 0 Å². The van der Waals surface area contributed by atoms with E-state index in [0.717, 1.165) is 38.5 Å². The molecule has 0 aromatic carbocycles. The van der Waals surface area contributed by atoms with Gasteiger partial charge in [0.25, 0.3) is 0 Å². The number of aliphatic hydroxyl groups excluding tert-OH is 1. The highest BCUT2D eigenvalue weighted by atomic mass is 16.4. The molecule has 0 aromatic heterocycles.